The molecule has 3 rings (SSSR count). The van der Waals surface area contributed by atoms with Crippen molar-refractivity contribution in [3.8, 4) is 28.4 Å². The Morgan fingerprint density at radius 1 is 0.950 bits per heavy atom. The average Bonchev–Trinajstić information content (AvgIpc) is 2.97. The maximum Gasteiger partial charge on any atom is 0.139 e. The number of nitrogens with zero attached hydrogens (tertiary/aromatic N) is 2. The van der Waals surface area contributed by atoms with Crippen molar-refractivity contribution in [1.29, 1.82) is 0 Å². The number of alkyl halides is 1. The van der Waals surface area contributed by atoms with Crippen LogP contribution in [0.2, 0.25) is 0 Å². The molecule has 0 spiro atoms. The predicted octanol–water partition coefficient (Wildman–Crippen LogP) is 3.31. The molecule has 0 saturated heterocycles. The number of phenols is 1. The van der Waals surface area contributed by atoms with Crippen molar-refractivity contribution in [2.45, 2.75) is 6.67 Å². The maximum atomic E-state index is 12.5. The molecule has 0 bridgehead atoms. The molecule has 2 heterocycles. The van der Waals surface area contributed by atoms with Crippen molar-refractivity contribution < 1.29 is 9.50 Å². The summed E-state index contributed by atoms with van der Waals surface area (Å²) in [5.41, 5.74) is 2.96. The lowest BCUT2D eigenvalue weighted by molar-refractivity contribution is 0.475. The van der Waals surface area contributed by atoms with Crippen molar-refractivity contribution in [2.75, 3.05) is 0 Å². The lowest BCUT2D eigenvalue weighted by Crippen LogP contribution is -1.86. The van der Waals surface area contributed by atoms with E-state index in [1.165, 1.54) is 6.20 Å². The number of hydrogen-bond donors (Lipinski definition) is 2. The third-order valence-corrected chi connectivity index (χ3v) is 2.97. The van der Waals surface area contributed by atoms with E-state index in [9.17, 15) is 9.50 Å². The van der Waals surface area contributed by atoms with E-state index in [1.54, 1.807) is 30.5 Å². The van der Waals surface area contributed by atoms with Crippen molar-refractivity contribution in [3.63, 3.8) is 0 Å². The Kier molecular flexibility index (Phi) is 3.16. The standard InChI is InChI=1S/C15H12FN3O/c16-7-12-9-18-15(19-12)11-3-6-14(17-8-11)10-1-4-13(20)5-2-10/h1-6,8-9,20H,7H2,(H,18,19). The second-order valence-electron chi connectivity index (χ2n) is 4.37. The van der Waals surface area contributed by atoms with Crippen molar-refractivity contribution >= 4 is 0 Å². The SMILES string of the molecule is Oc1ccc(-c2ccc(-c3ncc(CF)[nH]3)cn2)cc1. The molecule has 0 fully saturated rings. The Hall–Kier alpha value is -2.69. The minimum absolute atomic E-state index is 0.222. The lowest BCUT2D eigenvalue weighted by atomic mass is 10.1. The van der Waals surface area contributed by atoms with Gasteiger partial charge in [-0.25, -0.2) is 9.37 Å². The van der Waals surface area contributed by atoms with Gasteiger partial charge in [-0.15, -0.1) is 0 Å². The van der Waals surface area contributed by atoms with Gasteiger partial charge in [-0.1, -0.05) is 0 Å². The Labute approximate surface area is 115 Å². The van der Waals surface area contributed by atoms with Crippen LogP contribution in [0.5, 0.6) is 5.75 Å². The minimum Gasteiger partial charge on any atom is -0.508 e. The van der Waals surface area contributed by atoms with E-state index in [0.29, 0.717) is 11.5 Å². The molecule has 0 unspecified atom stereocenters. The first-order valence-corrected chi connectivity index (χ1v) is 6.12. The van der Waals surface area contributed by atoms with E-state index in [0.717, 1.165) is 16.8 Å². The van der Waals surface area contributed by atoms with Crippen molar-refractivity contribution in [3.05, 3.63) is 54.5 Å². The number of halogens is 1. The van der Waals surface area contributed by atoms with E-state index in [2.05, 4.69) is 15.0 Å². The van der Waals surface area contributed by atoms with Crippen LogP contribution in [0.25, 0.3) is 22.6 Å². The zero-order chi connectivity index (χ0) is 13.9. The van der Waals surface area contributed by atoms with Crippen molar-refractivity contribution in [2.24, 2.45) is 0 Å². The molecule has 0 amide bonds. The topological polar surface area (TPSA) is 61.8 Å². The van der Waals surface area contributed by atoms with Gasteiger partial charge in [0.1, 0.15) is 18.2 Å². The molecule has 100 valence electrons. The Bertz CT molecular complexity index is 705. The molecule has 0 radical (unpaired) electrons. The van der Waals surface area contributed by atoms with Gasteiger partial charge < -0.3 is 10.1 Å². The molecule has 4 nitrogen and oxygen atoms in total. The van der Waals surface area contributed by atoms with E-state index < -0.39 is 6.67 Å². The summed E-state index contributed by atoms with van der Waals surface area (Å²) in [7, 11) is 0. The van der Waals surface area contributed by atoms with Gasteiger partial charge >= 0.3 is 0 Å². The third-order valence-electron chi connectivity index (χ3n) is 2.97. The molecule has 0 atom stereocenters. The highest BCUT2D eigenvalue weighted by molar-refractivity contribution is 5.63. The monoisotopic (exact) mass is 269 g/mol. The first kappa shape index (κ1) is 12.3. The van der Waals surface area contributed by atoms with Gasteiger partial charge in [0.2, 0.25) is 0 Å². The van der Waals surface area contributed by atoms with Crippen LogP contribution in [-0.4, -0.2) is 20.1 Å². The number of H-pyrrole nitrogens is 1. The number of rotatable bonds is 3. The summed E-state index contributed by atoms with van der Waals surface area (Å²) < 4.78 is 12.5. The largest absolute Gasteiger partial charge is 0.508 e. The summed E-state index contributed by atoms with van der Waals surface area (Å²) in [4.78, 5) is 11.3. The van der Waals surface area contributed by atoms with Gasteiger partial charge in [0.05, 0.1) is 17.6 Å². The first-order chi connectivity index (χ1) is 9.76. The quantitative estimate of drug-likeness (QED) is 0.766. The smallest absolute Gasteiger partial charge is 0.139 e. The van der Waals surface area contributed by atoms with E-state index >= 15 is 0 Å². The van der Waals surface area contributed by atoms with Gasteiger partial charge in [0.25, 0.3) is 0 Å². The second-order valence-corrected chi connectivity index (χ2v) is 4.37. The number of aromatic amines is 1. The summed E-state index contributed by atoms with van der Waals surface area (Å²) in [6.45, 7) is -0.563. The summed E-state index contributed by atoms with van der Waals surface area (Å²) in [6.07, 6.45) is 3.16. The fourth-order valence-electron chi connectivity index (χ4n) is 1.91. The molecular weight excluding hydrogens is 257 g/mol. The molecule has 2 aromatic heterocycles. The highest BCUT2D eigenvalue weighted by Gasteiger charge is 2.05. The lowest BCUT2D eigenvalue weighted by Gasteiger charge is -2.02. The van der Waals surface area contributed by atoms with Gasteiger partial charge in [-0.3, -0.25) is 4.98 Å². The highest BCUT2D eigenvalue weighted by atomic mass is 19.1. The third kappa shape index (κ3) is 2.38. The number of nitrogens with one attached hydrogen (secondary N) is 1. The number of imidazole rings is 1. The first-order valence-electron chi connectivity index (χ1n) is 6.12. The minimum atomic E-state index is -0.563. The highest BCUT2D eigenvalue weighted by Crippen LogP contribution is 2.22. The van der Waals surface area contributed by atoms with Crippen LogP contribution in [-0.2, 0) is 6.67 Å². The molecular formula is C15H12FN3O. The fourth-order valence-corrected chi connectivity index (χ4v) is 1.91. The Morgan fingerprint density at radius 2 is 1.70 bits per heavy atom. The zero-order valence-corrected chi connectivity index (χ0v) is 10.5. The predicted molar refractivity (Wildman–Crippen MR) is 73.7 cm³/mol. The molecule has 1 aromatic carbocycles. The second kappa shape index (κ2) is 5.13. The van der Waals surface area contributed by atoms with Crippen LogP contribution in [0, 0.1) is 0 Å². The summed E-state index contributed by atoms with van der Waals surface area (Å²) >= 11 is 0. The number of benzene rings is 1. The molecule has 0 aliphatic heterocycles. The molecule has 3 aromatic rings. The molecule has 5 heteroatoms. The van der Waals surface area contributed by atoms with E-state index in [1.807, 2.05) is 12.1 Å². The Morgan fingerprint density at radius 3 is 2.30 bits per heavy atom. The van der Waals surface area contributed by atoms with Crippen LogP contribution >= 0.6 is 0 Å². The number of phenolic OH excluding ortho intramolecular Hbond substituents is 1. The van der Waals surface area contributed by atoms with Crippen molar-refractivity contribution in [1.82, 2.24) is 15.0 Å². The van der Waals surface area contributed by atoms with Crippen LogP contribution in [0.4, 0.5) is 4.39 Å². The fraction of sp³-hybridized carbons (Fsp3) is 0.0667. The van der Waals surface area contributed by atoms with Crippen LogP contribution in [0.1, 0.15) is 5.69 Å². The van der Waals surface area contributed by atoms with Gasteiger partial charge in [-0.2, -0.15) is 0 Å². The number of aromatic hydroxyl groups is 1. The molecule has 0 aliphatic carbocycles. The average molecular weight is 269 g/mol. The normalized spacial score (nSPS) is 10.7. The molecule has 0 aliphatic rings. The summed E-state index contributed by atoms with van der Waals surface area (Å²) in [6, 6.07) is 10.6. The summed E-state index contributed by atoms with van der Waals surface area (Å²) in [5.74, 6) is 0.821. The number of hydrogen-bond acceptors (Lipinski definition) is 3. The molecule has 0 saturated carbocycles. The van der Waals surface area contributed by atoms with Gasteiger partial charge in [-0.05, 0) is 36.4 Å². The number of pyridine rings is 1. The van der Waals surface area contributed by atoms with Crippen LogP contribution < -0.4 is 0 Å². The van der Waals surface area contributed by atoms with Crippen LogP contribution in [0.15, 0.2) is 48.8 Å². The Balaban J connectivity index is 1.89. The molecule has 20 heavy (non-hydrogen) atoms. The molecule has 2 N–H and O–H groups in total. The maximum absolute atomic E-state index is 12.5. The van der Waals surface area contributed by atoms with Gasteiger partial charge in [0, 0.05) is 17.3 Å². The van der Waals surface area contributed by atoms with Crippen LogP contribution in [0.3, 0.4) is 0 Å². The van der Waals surface area contributed by atoms with E-state index in [4.69, 9.17) is 0 Å². The zero-order valence-electron chi connectivity index (χ0n) is 10.5. The summed E-state index contributed by atoms with van der Waals surface area (Å²) in [5, 5.41) is 9.26. The number of aromatic nitrogens is 3. The van der Waals surface area contributed by atoms with E-state index in [-0.39, 0.29) is 5.75 Å². The van der Waals surface area contributed by atoms with Gasteiger partial charge in [0.15, 0.2) is 0 Å².